The van der Waals surface area contributed by atoms with E-state index < -0.39 is 0 Å². The van der Waals surface area contributed by atoms with Crippen molar-refractivity contribution in [1.82, 2.24) is 5.32 Å². The first kappa shape index (κ1) is 13.6. The number of nitrogens with one attached hydrogen (secondary N) is 1. The number of hydrogen-bond acceptors (Lipinski definition) is 4. The van der Waals surface area contributed by atoms with Crippen molar-refractivity contribution >= 4 is 17.7 Å². The van der Waals surface area contributed by atoms with Crippen LogP contribution in [0.1, 0.15) is 44.9 Å². The van der Waals surface area contributed by atoms with Crippen molar-refractivity contribution < 1.29 is 19.1 Å². The average Bonchev–Trinajstić information content (AvgIpc) is 3.19. The van der Waals surface area contributed by atoms with Crippen LogP contribution >= 0.6 is 0 Å². The Morgan fingerprint density at radius 1 is 1.10 bits per heavy atom. The van der Waals surface area contributed by atoms with E-state index in [1.807, 2.05) is 0 Å². The van der Waals surface area contributed by atoms with Gasteiger partial charge >= 0.3 is 5.97 Å². The van der Waals surface area contributed by atoms with Crippen LogP contribution < -0.4 is 5.32 Å². The molecule has 1 N–H and O–H groups in total. The van der Waals surface area contributed by atoms with Crippen molar-refractivity contribution in [2.75, 3.05) is 6.61 Å². The lowest BCUT2D eigenvalue weighted by atomic mass is 9.67. The smallest absolute Gasteiger partial charge is 0.309 e. The zero-order valence-electron chi connectivity index (χ0n) is 11.6. The lowest BCUT2D eigenvalue weighted by Crippen LogP contribution is -2.40. The molecule has 0 radical (unpaired) electrons. The van der Waals surface area contributed by atoms with E-state index >= 15 is 0 Å². The summed E-state index contributed by atoms with van der Waals surface area (Å²) in [4.78, 5) is 35.5. The number of hydrogen-bond donors (Lipinski definition) is 1. The molecule has 3 saturated carbocycles. The first-order chi connectivity index (χ1) is 9.63. The predicted molar refractivity (Wildman–Crippen MR) is 70.7 cm³/mol. The van der Waals surface area contributed by atoms with Crippen LogP contribution in [0.5, 0.6) is 0 Å². The summed E-state index contributed by atoms with van der Waals surface area (Å²) in [6, 6.07) is 0.285. The molecule has 1 amide bonds. The molecular formula is C15H21NO4. The number of ether oxygens (including phenoxy) is 1. The Morgan fingerprint density at radius 3 is 2.35 bits per heavy atom. The first-order valence-electron chi connectivity index (χ1n) is 7.63. The van der Waals surface area contributed by atoms with Gasteiger partial charge < -0.3 is 10.1 Å². The maximum atomic E-state index is 12.0. The van der Waals surface area contributed by atoms with E-state index in [1.54, 1.807) is 0 Å². The van der Waals surface area contributed by atoms with Gasteiger partial charge in [-0.3, -0.25) is 14.4 Å². The molecule has 3 aliphatic carbocycles. The van der Waals surface area contributed by atoms with Gasteiger partial charge in [0.05, 0.1) is 5.92 Å². The molecule has 0 saturated heterocycles. The maximum absolute atomic E-state index is 12.0. The molecule has 3 rings (SSSR count). The summed E-state index contributed by atoms with van der Waals surface area (Å²) in [5.41, 5.74) is 0. The van der Waals surface area contributed by atoms with E-state index in [0.717, 1.165) is 32.1 Å². The summed E-state index contributed by atoms with van der Waals surface area (Å²) in [6.45, 7) is -0.185. The predicted octanol–water partition coefficient (Wildman–Crippen LogP) is 1.20. The van der Waals surface area contributed by atoms with E-state index in [2.05, 4.69) is 5.32 Å². The minimum Gasteiger partial charge on any atom is -0.455 e. The highest BCUT2D eigenvalue weighted by Crippen LogP contribution is 2.40. The highest BCUT2D eigenvalue weighted by Gasteiger charge is 2.41. The lowest BCUT2D eigenvalue weighted by molar-refractivity contribution is -0.156. The summed E-state index contributed by atoms with van der Waals surface area (Å²) >= 11 is 0. The summed E-state index contributed by atoms with van der Waals surface area (Å²) in [6.07, 6.45) is 6.16. The van der Waals surface area contributed by atoms with Crippen molar-refractivity contribution in [2.24, 2.45) is 17.8 Å². The molecule has 0 aromatic heterocycles. The fourth-order valence-electron chi connectivity index (χ4n) is 3.42. The molecule has 3 fully saturated rings. The Labute approximate surface area is 118 Å². The summed E-state index contributed by atoms with van der Waals surface area (Å²) in [7, 11) is 0. The summed E-state index contributed by atoms with van der Waals surface area (Å²) < 4.78 is 5.11. The fraction of sp³-hybridized carbons (Fsp3) is 0.800. The van der Waals surface area contributed by atoms with Crippen LogP contribution in [0.2, 0.25) is 0 Å². The van der Waals surface area contributed by atoms with E-state index in [1.165, 1.54) is 0 Å². The minimum atomic E-state index is -0.305. The quantitative estimate of drug-likeness (QED) is 0.785. The van der Waals surface area contributed by atoms with Crippen molar-refractivity contribution in [2.45, 2.75) is 51.0 Å². The SMILES string of the molecule is O=C(COC(=O)C1CC2CCCC(C1)C2=O)NC1CC1. The molecule has 20 heavy (non-hydrogen) atoms. The van der Waals surface area contributed by atoms with Gasteiger partial charge in [-0.05, 0) is 38.5 Å². The third-order valence-electron chi connectivity index (χ3n) is 4.67. The molecule has 0 aromatic rings. The Hall–Kier alpha value is -1.39. The number of carbonyl (C=O) groups is 3. The number of fused-ring (bicyclic) bond motifs is 2. The number of carbonyl (C=O) groups excluding carboxylic acids is 3. The van der Waals surface area contributed by atoms with Gasteiger partial charge in [0.25, 0.3) is 5.91 Å². The van der Waals surface area contributed by atoms with Gasteiger partial charge in [-0.1, -0.05) is 6.42 Å². The first-order valence-corrected chi connectivity index (χ1v) is 7.63. The van der Waals surface area contributed by atoms with Crippen molar-refractivity contribution in [3.8, 4) is 0 Å². The second kappa shape index (κ2) is 5.54. The van der Waals surface area contributed by atoms with Crippen molar-refractivity contribution in [3.63, 3.8) is 0 Å². The molecule has 3 aliphatic rings. The van der Waals surface area contributed by atoms with E-state index in [9.17, 15) is 14.4 Å². The van der Waals surface area contributed by atoms with Gasteiger partial charge in [0, 0.05) is 17.9 Å². The average molecular weight is 279 g/mol. The second-order valence-corrected chi connectivity index (χ2v) is 6.34. The van der Waals surface area contributed by atoms with Crippen LogP contribution in [-0.2, 0) is 19.1 Å². The molecule has 0 heterocycles. The highest BCUT2D eigenvalue weighted by atomic mass is 16.5. The Kier molecular flexibility index (Phi) is 3.76. The molecule has 5 nitrogen and oxygen atoms in total. The van der Waals surface area contributed by atoms with Crippen LogP contribution in [0.25, 0.3) is 0 Å². The van der Waals surface area contributed by atoms with Gasteiger partial charge in [-0.2, -0.15) is 0 Å². The van der Waals surface area contributed by atoms with Crippen LogP contribution in [0.4, 0.5) is 0 Å². The number of amides is 1. The molecule has 110 valence electrons. The number of rotatable bonds is 4. The third-order valence-corrected chi connectivity index (χ3v) is 4.67. The van der Waals surface area contributed by atoms with Crippen LogP contribution in [0, 0.1) is 17.8 Å². The van der Waals surface area contributed by atoms with E-state index in [-0.39, 0.29) is 42.3 Å². The van der Waals surface area contributed by atoms with Crippen molar-refractivity contribution in [1.29, 1.82) is 0 Å². The van der Waals surface area contributed by atoms with Gasteiger partial charge in [0.1, 0.15) is 5.78 Å². The molecule has 0 spiro atoms. The number of Topliss-reactive ketones (excluding diaryl/α,β-unsaturated/α-hetero) is 1. The molecule has 2 bridgehead atoms. The lowest BCUT2D eigenvalue weighted by Gasteiger charge is -2.36. The van der Waals surface area contributed by atoms with Crippen LogP contribution in [0.3, 0.4) is 0 Å². The minimum absolute atomic E-state index is 0.0420. The van der Waals surface area contributed by atoms with Crippen LogP contribution in [-0.4, -0.2) is 30.3 Å². The Bertz CT molecular complexity index is 414. The summed E-state index contributed by atoms with van der Waals surface area (Å²) in [5, 5.41) is 2.79. The topological polar surface area (TPSA) is 72.5 Å². The summed E-state index contributed by atoms with van der Waals surface area (Å²) in [5.74, 6) is -0.294. The molecule has 0 aromatic carbocycles. The Balaban J connectivity index is 1.47. The zero-order valence-corrected chi connectivity index (χ0v) is 11.6. The van der Waals surface area contributed by atoms with Gasteiger partial charge in [-0.25, -0.2) is 0 Å². The molecule has 2 atom stereocenters. The molecule has 5 heteroatoms. The monoisotopic (exact) mass is 279 g/mol. The Morgan fingerprint density at radius 2 is 1.75 bits per heavy atom. The largest absolute Gasteiger partial charge is 0.455 e. The third kappa shape index (κ3) is 3.02. The maximum Gasteiger partial charge on any atom is 0.309 e. The normalized spacial score (nSPS) is 32.6. The highest BCUT2D eigenvalue weighted by molar-refractivity contribution is 5.88. The van der Waals surface area contributed by atoms with Gasteiger partial charge in [0.15, 0.2) is 6.61 Å². The number of esters is 1. The number of ketones is 1. The molecular weight excluding hydrogens is 258 g/mol. The van der Waals surface area contributed by atoms with Gasteiger partial charge in [0.2, 0.25) is 0 Å². The molecule has 0 aliphatic heterocycles. The second-order valence-electron chi connectivity index (χ2n) is 6.34. The standard InChI is InChI=1S/C15H21NO4/c17-13(16-12-4-5-12)8-20-15(19)11-6-9-2-1-3-10(7-11)14(9)18/h9-12H,1-8H2,(H,16,17). The van der Waals surface area contributed by atoms with Crippen molar-refractivity contribution in [3.05, 3.63) is 0 Å². The fourth-order valence-corrected chi connectivity index (χ4v) is 3.42. The van der Waals surface area contributed by atoms with Gasteiger partial charge in [-0.15, -0.1) is 0 Å². The zero-order chi connectivity index (χ0) is 14.1. The van der Waals surface area contributed by atoms with Crippen LogP contribution in [0.15, 0.2) is 0 Å². The van der Waals surface area contributed by atoms with E-state index in [0.29, 0.717) is 18.6 Å². The molecule has 2 unspecified atom stereocenters. The van der Waals surface area contributed by atoms with E-state index in [4.69, 9.17) is 4.74 Å².